The maximum Gasteiger partial charge on any atom is 0.0570 e. The molecule has 1 heterocycles. The maximum absolute atomic E-state index is 9.86. The first kappa shape index (κ1) is 13.8. The Labute approximate surface area is 114 Å². The third-order valence-electron chi connectivity index (χ3n) is 3.59. The number of halogens is 1. The predicted molar refractivity (Wildman–Crippen MR) is 74.7 cm³/mol. The van der Waals surface area contributed by atoms with Gasteiger partial charge < -0.3 is 10.8 Å². The van der Waals surface area contributed by atoms with Gasteiger partial charge >= 0.3 is 0 Å². The number of rotatable bonds is 4. The number of piperidine rings is 1. The first-order valence-electron chi connectivity index (χ1n) is 6.58. The van der Waals surface area contributed by atoms with E-state index in [1.807, 2.05) is 12.1 Å². The lowest BCUT2D eigenvalue weighted by Gasteiger charge is -2.38. The zero-order chi connectivity index (χ0) is 13.0. The van der Waals surface area contributed by atoms with Gasteiger partial charge in [0.1, 0.15) is 0 Å². The Morgan fingerprint density at radius 3 is 2.72 bits per heavy atom. The van der Waals surface area contributed by atoms with Crippen molar-refractivity contribution in [3.63, 3.8) is 0 Å². The van der Waals surface area contributed by atoms with Gasteiger partial charge in [0.05, 0.1) is 6.10 Å². The first-order valence-corrected chi connectivity index (χ1v) is 6.96. The highest BCUT2D eigenvalue weighted by Gasteiger charge is 2.27. The summed E-state index contributed by atoms with van der Waals surface area (Å²) in [6.07, 6.45) is 2.46. The summed E-state index contributed by atoms with van der Waals surface area (Å²) in [6.45, 7) is 2.65. The number of hydrogen-bond donors (Lipinski definition) is 2. The Kier molecular flexibility index (Phi) is 5.01. The lowest BCUT2D eigenvalue weighted by Crippen LogP contribution is -2.39. The minimum Gasteiger partial charge on any atom is -0.393 e. The van der Waals surface area contributed by atoms with Crippen LogP contribution in [0.15, 0.2) is 24.3 Å². The molecular formula is C14H21ClN2O. The highest BCUT2D eigenvalue weighted by molar-refractivity contribution is 6.30. The molecule has 2 rings (SSSR count). The van der Waals surface area contributed by atoms with Crippen LogP contribution in [0, 0.1) is 0 Å². The van der Waals surface area contributed by atoms with Crippen molar-refractivity contribution in [3.05, 3.63) is 34.9 Å². The Hall–Kier alpha value is -0.610. The van der Waals surface area contributed by atoms with Gasteiger partial charge in [0.2, 0.25) is 0 Å². The molecule has 0 spiro atoms. The summed E-state index contributed by atoms with van der Waals surface area (Å²) in [6, 6.07) is 8.23. The van der Waals surface area contributed by atoms with Gasteiger partial charge in [-0.15, -0.1) is 0 Å². The van der Waals surface area contributed by atoms with Crippen LogP contribution in [0.1, 0.15) is 30.9 Å². The molecule has 0 radical (unpaired) electrons. The molecule has 2 unspecified atom stereocenters. The van der Waals surface area contributed by atoms with E-state index >= 15 is 0 Å². The van der Waals surface area contributed by atoms with Gasteiger partial charge in [-0.1, -0.05) is 23.7 Å². The topological polar surface area (TPSA) is 49.5 Å². The molecule has 0 bridgehead atoms. The van der Waals surface area contributed by atoms with E-state index in [1.54, 1.807) is 0 Å². The number of hydrogen-bond acceptors (Lipinski definition) is 3. The van der Waals surface area contributed by atoms with Crippen LogP contribution in [-0.2, 0) is 0 Å². The third kappa shape index (κ3) is 3.45. The van der Waals surface area contributed by atoms with E-state index in [9.17, 15) is 5.11 Å². The molecule has 0 amide bonds. The molecule has 0 saturated carbocycles. The standard InChI is InChI=1S/C14H21ClN2O/c15-12-4-2-11(3-5-12)14-10-13(18)6-9-17(14)8-1-7-16/h2-5,13-14,18H,1,6-10,16H2. The quantitative estimate of drug-likeness (QED) is 0.880. The summed E-state index contributed by atoms with van der Waals surface area (Å²) in [4.78, 5) is 2.42. The fraction of sp³-hybridized carbons (Fsp3) is 0.571. The van der Waals surface area contributed by atoms with Crippen LogP contribution in [0.3, 0.4) is 0 Å². The molecular weight excluding hydrogens is 248 g/mol. The van der Waals surface area contributed by atoms with Crippen molar-refractivity contribution in [2.75, 3.05) is 19.6 Å². The molecule has 1 aliphatic heterocycles. The fourth-order valence-electron chi connectivity index (χ4n) is 2.59. The van der Waals surface area contributed by atoms with E-state index in [1.165, 1.54) is 5.56 Å². The highest BCUT2D eigenvalue weighted by Crippen LogP contribution is 2.31. The van der Waals surface area contributed by atoms with Gasteiger partial charge in [-0.2, -0.15) is 0 Å². The van der Waals surface area contributed by atoms with E-state index in [0.29, 0.717) is 6.54 Å². The number of aliphatic hydroxyl groups excluding tert-OH is 1. The first-order chi connectivity index (χ1) is 8.70. The van der Waals surface area contributed by atoms with Crippen molar-refractivity contribution < 1.29 is 5.11 Å². The molecule has 1 aromatic rings. The Balaban J connectivity index is 2.11. The van der Waals surface area contributed by atoms with E-state index in [4.69, 9.17) is 17.3 Å². The van der Waals surface area contributed by atoms with Gasteiger partial charge in [-0.05, 0) is 50.0 Å². The lowest BCUT2D eigenvalue weighted by atomic mass is 9.93. The second kappa shape index (κ2) is 6.53. The zero-order valence-electron chi connectivity index (χ0n) is 10.6. The molecule has 1 saturated heterocycles. The van der Waals surface area contributed by atoms with Gasteiger partial charge in [0.25, 0.3) is 0 Å². The van der Waals surface area contributed by atoms with Crippen LogP contribution in [0.4, 0.5) is 0 Å². The minimum absolute atomic E-state index is 0.195. The second-order valence-corrected chi connectivity index (χ2v) is 5.36. The number of nitrogens with zero attached hydrogens (tertiary/aromatic N) is 1. The number of benzene rings is 1. The van der Waals surface area contributed by atoms with Crippen molar-refractivity contribution >= 4 is 11.6 Å². The summed E-state index contributed by atoms with van der Waals surface area (Å²) in [5, 5.41) is 10.6. The molecule has 3 N–H and O–H groups in total. The fourth-order valence-corrected chi connectivity index (χ4v) is 2.72. The van der Waals surface area contributed by atoms with Crippen molar-refractivity contribution in [2.24, 2.45) is 5.73 Å². The third-order valence-corrected chi connectivity index (χ3v) is 3.84. The highest BCUT2D eigenvalue weighted by atomic mass is 35.5. The Morgan fingerprint density at radius 2 is 2.06 bits per heavy atom. The largest absolute Gasteiger partial charge is 0.393 e. The van der Waals surface area contributed by atoms with Crippen LogP contribution in [0.5, 0.6) is 0 Å². The van der Waals surface area contributed by atoms with Gasteiger partial charge in [0.15, 0.2) is 0 Å². The maximum atomic E-state index is 9.86. The summed E-state index contributed by atoms with van der Waals surface area (Å²) in [7, 11) is 0. The monoisotopic (exact) mass is 268 g/mol. The molecule has 1 aliphatic rings. The van der Waals surface area contributed by atoms with Crippen LogP contribution in [-0.4, -0.2) is 35.7 Å². The van der Waals surface area contributed by atoms with E-state index in [2.05, 4.69) is 17.0 Å². The second-order valence-electron chi connectivity index (χ2n) is 4.92. The van der Waals surface area contributed by atoms with Crippen molar-refractivity contribution in [1.29, 1.82) is 0 Å². The summed E-state index contributed by atoms with van der Waals surface area (Å²) < 4.78 is 0. The van der Waals surface area contributed by atoms with Crippen LogP contribution in [0.25, 0.3) is 0 Å². The normalized spacial score (nSPS) is 25.3. The van der Waals surface area contributed by atoms with E-state index in [0.717, 1.165) is 37.4 Å². The molecule has 1 fully saturated rings. The molecule has 0 aromatic heterocycles. The van der Waals surface area contributed by atoms with Crippen molar-refractivity contribution in [1.82, 2.24) is 4.90 Å². The van der Waals surface area contributed by atoms with Crippen molar-refractivity contribution in [2.45, 2.75) is 31.4 Å². The molecule has 4 heteroatoms. The van der Waals surface area contributed by atoms with E-state index in [-0.39, 0.29) is 12.1 Å². The molecule has 2 atom stereocenters. The Morgan fingerprint density at radius 1 is 1.33 bits per heavy atom. The molecule has 18 heavy (non-hydrogen) atoms. The lowest BCUT2D eigenvalue weighted by molar-refractivity contribution is 0.0406. The smallest absolute Gasteiger partial charge is 0.0570 e. The van der Waals surface area contributed by atoms with Gasteiger partial charge in [0, 0.05) is 17.6 Å². The number of nitrogens with two attached hydrogens (primary N) is 1. The van der Waals surface area contributed by atoms with E-state index < -0.39 is 0 Å². The zero-order valence-corrected chi connectivity index (χ0v) is 11.3. The summed E-state index contributed by atoms with van der Waals surface area (Å²) in [5.74, 6) is 0. The summed E-state index contributed by atoms with van der Waals surface area (Å²) in [5.41, 5.74) is 6.82. The molecule has 3 nitrogen and oxygen atoms in total. The average molecular weight is 269 g/mol. The molecule has 0 aliphatic carbocycles. The minimum atomic E-state index is -0.195. The number of aliphatic hydroxyl groups is 1. The Bertz CT molecular complexity index is 367. The van der Waals surface area contributed by atoms with Crippen LogP contribution >= 0.6 is 11.6 Å². The summed E-state index contributed by atoms with van der Waals surface area (Å²) >= 11 is 5.92. The predicted octanol–water partition coefficient (Wildman–Crippen LogP) is 2.19. The molecule has 100 valence electrons. The van der Waals surface area contributed by atoms with Crippen LogP contribution < -0.4 is 5.73 Å². The number of likely N-dealkylation sites (tertiary alicyclic amines) is 1. The average Bonchev–Trinajstić information content (AvgIpc) is 2.38. The van der Waals surface area contributed by atoms with Crippen molar-refractivity contribution in [3.8, 4) is 0 Å². The van der Waals surface area contributed by atoms with Crippen LogP contribution in [0.2, 0.25) is 5.02 Å². The molecule has 1 aromatic carbocycles. The SMILES string of the molecule is NCCCN1CCC(O)CC1c1ccc(Cl)cc1. The van der Waals surface area contributed by atoms with Gasteiger partial charge in [-0.3, -0.25) is 4.90 Å². The van der Waals surface area contributed by atoms with Gasteiger partial charge in [-0.25, -0.2) is 0 Å².